The molecule has 1 saturated carbocycles. The molecule has 2 aliphatic heterocycles. The molecule has 0 spiro atoms. The number of nitrogens with zero attached hydrogens (tertiary/aromatic N) is 2. The van der Waals surface area contributed by atoms with Gasteiger partial charge in [0.15, 0.2) is 0 Å². The Bertz CT molecular complexity index is 1080. The van der Waals surface area contributed by atoms with E-state index in [1.807, 2.05) is 0 Å². The Kier molecular flexibility index (Phi) is 5.45. The van der Waals surface area contributed by atoms with Gasteiger partial charge in [0.1, 0.15) is 11.9 Å². The molecule has 2 fully saturated rings. The number of hydrogen-bond donors (Lipinski definition) is 4. The van der Waals surface area contributed by atoms with E-state index in [0.29, 0.717) is 29.1 Å². The second kappa shape index (κ2) is 8.39. The number of aromatic nitrogens is 2. The molecule has 31 heavy (non-hydrogen) atoms. The summed E-state index contributed by atoms with van der Waals surface area (Å²) in [4.78, 5) is 42.7. The molecular weight excluding hydrogens is 396 g/mol. The van der Waals surface area contributed by atoms with E-state index in [2.05, 4.69) is 26.7 Å². The van der Waals surface area contributed by atoms with E-state index in [1.165, 1.54) is 6.42 Å². The maximum absolute atomic E-state index is 12.8. The minimum atomic E-state index is -0.432. The predicted octanol–water partition coefficient (Wildman–Crippen LogP) is 0.919. The standard InChI is InChI=1S/C22H28N6O3/c29-20(26-27-21(30)19-14-6-3-4-7-16(14)24-25-19)13-9-10-15-17(12-13)23-18-8-2-1-5-11-28(18)22(15)31/h9-10,12,14,16,19,24-25H,1-8,11H2,(H,26,29)(H,27,30). The van der Waals surface area contributed by atoms with E-state index < -0.39 is 5.91 Å². The van der Waals surface area contributed by atoms with Crippen molar-refractivity contribution in [2.75, 3.05) is 0 Å². The highest BCUT2D eigenvalue weighted by molar-refractivity contribution is 5.98. The van der Waals surface area contributed by atoms with Crippen molar-refractivity contribution >= 4 is 22.7 Å². The van der Waals surface area contributed by atoms with Crippen LogP contribution in [0.5, 0.6) is 0 Å². The van der Waals surface area contributed by atoms with Crippen LogP contribution in [-0.2, 0) is 17.8 Å². The summed E-state index contributed by atoms with van der Waals surface area (Å²) in [5, 5.41) is 0.510. The molecule has 1 aliphatic carbocycles. The summed E-state index contributed by atoms with van der Waals surface area (Å²) < 4.78 is 1.76. The van der Waals surface area contributed by atoms with Crippen molar-refractivity contribution in [2.24, 2.45) is 5.92 Å². The van der Waals surface area contributed by atoms with Crippen molar-refractivity contribution in [3.8, 4) is 0 Å². The first-order valence-electron chi connectivity index (χ1n) is 11.3. The molecule has 0 radical (unpaired) electrons. The van der Waals surface area contributed by atoms with Crippen molar-refractivity contribution in [3.63, 3.8) is 0 Å². The Hall–Kier alpha value is -2.78. The van der Waals surface area contributed by atoms with Crippen LogP contribution in [0.2, 0.25) is 0 Å². The number of nitrogens with one attached hydrogen (secondary N) is 4. The summed E-state index contributed by atoms with van der Waals surface area (Å²) in [6.07, 6.45) is 8.18. The maximum Gasteiger partial charge on any atom is 0.269 e. The average Bonchev–Trinajstić information content (AvgIpc) is 3.08. The number of carbonyl (C=O) groups is 2. The van der Waals surface area contributed by atoms with Crippen LogP contribution in [0.4, 0.5) is 0 Å². The highest BCUT2D eigenvalue weighted by Gasteiger charge is 2.41. The van der Waals surface area contributed by atoms with Gasteiger partial charge in [0.05, 0.1) is 10.9 Å². The van der Waals surface area contributed by atoms with E-state index in [-0.39, 0.29) is 23.4 Å². The van der Waals surface area contributed by atoms with Gasteiger partial charge in [-0.25, -0.2) is 10.4 Å². The van der Waals surface area contributed by atoms with Crippen LogP contribution < -0.4 is 27.3 Å². The van der Waals surface area contributed by atoms with Crippen LogP contribution in [0.1, 0.15) is 61.1 Å². The summed E-state index contributed by atoms with van der Waals surface area (Å²) in [5.41, 5.74) is 12.1. The molecule has 164 valence electrons. The molecule has 5 rings (SSSR count). The molecule has 2 amide bonds. The molecule has 2 aromatic rings. The largest absolute Gasteiger partial charge is 0.296 e. The van der Waals surface area contributed by atoms with Crippen molar-refractivity contribution in [3.05, 3.63) is 39.9 Å². The number of carbonyl (C=O) groups excluding carboxylic acids is 2. The van der Waals surface area contributed by atoms with Crippen molar-refractivity contribution in [1.29, 1.82) is 0 Å². The second-order valence-corrected chi connectivity index (χ2v) is 8.79. The van der Waals surface area contributed by atoms with Gasteiger partial charge in [-0.3, -0.25) is 35.2 Å². The van der Waals surface area contributed by atoms with Gasteiger partial charge >= 0.3 is 0 Å². The number of hydrogen-bond acceptors (Lipinski definition) is 6. The number of aryl methyl sites for hydroxylation is 1. The minimum Gasteiger partial charge on any atom is -0.296 e. The highest BCUT2D eigenvalue weighted by atomic mass is 16.2. The topological polar surface area (TPSA) is 117 Å². The van der Waals surface area contributed by atoms with Gasteiger partial charge in [0.2, 0.25) is 0 Å². The molecule has 3 atom stereocenters. The number of amides is 2. The van der Waals surface area contributed by atoms with Gasteiger partial charge in [-0.1, -0.05) is 19.3 Å². The van der Waals surface area contributed by atoms with Crippen molar-refractivity contribution < 1.29 is 9.59 Å². The van der Waals surface area contributed by atoms with E-state index in [1.54, 1.807) is 22.8 Å². The maximum atomic E-state index is 12.8. The monoisotopic (exact) mass is 424 g/mol. The summed E-state index contributed by atoms with van der Waals surface area (Å²) >= 11 is 0. The third-order valence-electron chi connectivity index (χ3n) is 6.83. The lowest BCUT2D eigenvalue weighted by atomic mass is 9.81. The Labute approximate surface area is 179 Å². The first-order chi connectivity index (χ1) is 15.1. The fourth-order valence-electron chi connectivity index (χ4n) is 5.13. The zero-order valence-corrected chi connectivity index (χ0v) is 17.4. The summed E-state index contributed by atoms with van der Waals surface area (Å²) in [5.74, 6) is 0.331. The third kappa shape index (κ3) is 3.83. The molecule has 3 unspecified atom stereocenters. The molecule has 1 saturated heterocycles. The van der Waals surface area contributed by atoms with Gasteiger partial charge < -0.3 is 0 Å². The summed E-state index contributed by atoms with van der Waals surface area (Å²) in [7, 11) is 0. The third-order valence-corrected chi connectivity index (χ3v) is 6.83. The lowest BCUT2D eigenvalue weighted by Gasteiger charge is -2.26. The van der Waals surface area contributed by atoms with Gasteiger partial charge in [-0.2, -0.15) is 0 Å². The molecule has 9 nitrogen and oxygen atoms in total. The molecule has 3 aliphatic rings. The first-order valence-corrected chi connectivity index (χ1v) is 11.3. The van der Waals surface area contributed by atoms with E-state index in [9.17, 15) is 14.4 Å². The average molecular weight is 425 g/mol. The Morgan fingerprint density at radius 3 is 2.81 bits per heavy atom. The van der Waals surface area contributed by atoms with Gasteiger partial charge in [-0.05, 0) is 43.9 Å². The quantitative estimate of drug-likeness (QED) is 0.533. The second-order valence-electron chi connectivity index (χ2n) is 8.79. The first kappa shape index (κ1) is 20.1. The number of rotatable bonds is 2. The normalized spacial score (nSPS) is 25.4. The van der Waals surface area contributed by atoms with Crippen LogP contribution in [-0.4, -0.2) is 33.4 Å². The molecule has 0 bridgehead atoms. The molecule has 1 aromatic carbocycles. The van der Waals surface area contributed by atoms with Gasteiger partial charge in [0, 0.05) is 30.5 Å². The molecule has 3 heterocycles. The summed E-state index contributed by atoms with van der Waals surface area (Å²) in [6.45, 7) is 0.692. The summed E-state index contributed by atoms with van der Waals surface area (Å²) in [6, 6.07) is 4.81. The lowest BCUT2D eigenvalue weighted by Crippen LogP contribution is -2.52. The molecule has 4 N–H and O–H groups in total. The van der Waals surface area contributed by atoms with Crippen LogP contribution in [0.15, 0.2) is 23.0 Å². The van der Waals surface area contributed by atoms with Gasteiger partial charge in [0.25, 0.3) is 17.4 Å². The Balaban J connectivity index is 1.29. The van der Waals surface area contributed by atoms with Crippen LogP contribution in [0.25, 0.3) is 10.9 Å². The lowest BCUT2D eigenvalue weighted by molar-refractivity contribution is -0.124. The van der Waals surface area contributed by atoms with Crippen LogP contribution in [0.3, 0.4) is 0 Å². The smallest absolute Gasteiger partial charge is 0.269 e. The molecule has 9 heteroatoms. The van der Waals surface area contributed by atoms with Crippen molar-refractivity contribution in [2.45, 2.75) is 70.0 Å². The molecule has 1 aromatic heterocycles. The fraction of sp³-hybridized carbons (Fsp3) is 0.545. The van der Waals surface area contributed by atoms with E-state index >= 15 is 0 Å². The molecular formula is C22H28N6O3. The predicted molar refractivity (Wildman–Crippen MR) is 115 cm³/mol. The van der Waals surface area contributed by atoms with Crippen LogP contribution in [0, 0.1) is 5.92 Å². The Morgan fingerprint density at radius 2 is 1.90 bits per heavy atom. The number of benzene rings is 1. The zero-order chi connectivity index (χ0) is 21.4. The Morgan fingerprint density at radius 1 is 1.03 bits per heavy atom. The van der Waals surface area contributed by atoms with Crippen molar-refractivity contribution in [1.82, 2.24) is 31.3 Å². The van der Waals surface area contributed by atoms with Gasteiger partial charge in [-0.15, -0.1) is 0 Å². The zero-order valence-electron chi connectivity index (χ0n) is 17.4. The number of hydrazine groups is 2. The minimum absolute atomic E-state index is 0.0518. The van der Waals surface area contributed by atoms with Crippen LogP contribution >= 0.6 is 0 Å². The number of fused-ring (bicyclic) bond motifs is 3. The SMILES string of the molecule is O=C(NNC(=O)C1NNC2CCCCC21)c1ccc2c(=O)n3c(nc2c1)CCCCC3. The fourth-order valence-corrected chi connectivity index (χ4v) is 5.13. The van der Waals surface area contributed by atoms with E-state index in [4.69, 9.17) is 0 Å². The highest BCUT2D eigenvalue weighted by Crippen LogP contribution is 2.30. The van der Waals surface area contributed by atoms with E-state index in [0.717, 1.165) is 50.8 Å².